The van der Waals surface area contributed by atoms with Gasteiger partial charge in [-0.15, -0.1) is 0 Å². The molecule has 0 heterocycles. The third-order valence-corrected chi connectivity index (χ3v) is 0.682. The van der Waals surface area contributed by atoms with Gasteiger partial charge >= 0.3 is 37.7 Å². The van der Waals surface area contributed by atoms with Crippen molar-refractivity contribution in [1.29, 1.82) is 0 Å². The van der Waals surface area contributed by atoms with Crippen molar-refractivity contribution in [3.05, 3.63) is 0 Å². The molecule has 0 aromatic heterocycles. The van der Waals surface area contributed by atoms with Gasteiger partial charge in [-0.05, 0) is 13.8 Å². The number of aliphatic hydroxyl groups is 3. The molecule has 0 bridgehead atoms. The Morgan fingerprint density at radius 2 is 1.00 bits per heavy atom. The zero-order valence-electron chi connectivity index (χ0n) is 8.84. The molecular formula is C7H14CaO7. The van der Waals surface area contributed by atoms with Gasteiger partial charge in [-0.2, -0.15) is 0 Å². The average molecular weight is 250 g/mol. The van der Waals surface area contributed by atoms with E-state index >= 15 is 0 Å². The van der Waals surface area contributed by atoms with E-state index in [2.05, 4.69) is 0 Å². The molecule has 86 valence electrons. The Labute approximate surface area is 117 Å². The van der Waals surface area contributed by atoms with E-state index in [0.29, 0.717) is 0 Å². The minimum absolute atomic E-state index is 0. The number of carboxylic acid groups (broad SMARTS) is 2. The second-order valence-corrected chi connectivity index (χ2v) is 1.99. The minimum Gasteiger partial charge on any atom is -0.547 e. The van der Waals surface area contributed by atoms with Gasteiger partial charge in [-0.25, -0.2) is 0 Å². The van der Waals surface area contributed by atoms with Crippen LogP contribution in [0.2, 0.25) is 0 Å². The SMILES string of the molecule is CC(O)C(=O)[O-].CC(O)C(=O)[O-].CO.[Ca+2]. The first-order chi connectivity index (χ1) is 6.29. The van der Waals surface area contributed by atoms with Crippen molar-refractivity contribution >= 4 is 49.7 Å². The molecule has 0 aromatic carbocycles. The maximum Gasteiger partial charge on any atom is 2.00 e. The molecule has 0 spiro atoms. The summed E-state index contributed by atoms with van der Waals surface area (Å²) >= 11 is 0. The monoisotopic (exact) mass is 250 g/mol. The van der Waals surface area contributed by atoms with E-state index in [-0.39, 0.29) is 37.7 Å². The van der Waals surface area contributed by atoms with Crippen LogP contribution in [0.4, 0.5) is 0 Å². The van der Waals surface area contributed by atoms with Crippen molar-refractivity contribution in [3.63, 3.8) is 0 Å². The molecule has 3 N–H and O–H groups in total. The maximum absolute atomic E-state index is 9.34. The van der Waals surface area contributed by atoms with Crippen LogP contribution < -0.4 is 10.2 Å². The second kappa shape index (κ2) is 16.5. The van der Waals surface area contributed by atoms with E-state index in [1.54, 1.807) is 0 Å². The van der Waals surface area contributed by atoms with E-state index in [1.807, 2.05) is 0 Å². The number of rotatable bonds is 2. The summed E-state index contributed by atoms with van der Waals surface area (Å²) in [5.41, 5.74) is 0. The topological polar surface area (TPSA) is 141 Å². The fourth-order valence-electron chi connectivity index (χ4n) is 0. The average Bonchev–Trinajstić information content (AvgIpc) is 2.08. The van der Waals surface area contributed by atoms with Crippen LogP contribution in [0.3, 0.4) is 0 Å². The summed E-state index contributed by atoms with van der Waals surface area (Å²) in [6, 6.07) is 0. The number of carbonyl (C=O) groups is 2. The smallest absolute Gasteiger partial charge is 0.547 e. The summed E-state index contributed by atoms with van der Waals surface area (Å²) in [4.78, 5) is 18.7. The summed E-state index contributed by atoms with van der Waals surface area (Å²) in [7, 11) is 1.00. The Bertz CT molecular complexity index is 139. The summed E-state index contributed by atoms with van der Waals surface area (Å²) in [5.74, 6) is -2.87. The largest absolute Gasteiger partial charge is 2.00 e. The van der Waals surface area contributed by atoms with Crippen molar-refractivity contribution in [2.75, 3.05) is 7.11 Å². The molecule has 0 amide bonds. The Morgan fingerprint density at radius 1 is 0.933 bits per heavy atom. The molecular weight excluding hydrogens is 236 g/mol. The van der Waals surface area contributed by atoms with Crippen LogP contribution in [-0.2, 0) is 9.59 Å². The third-order valence-electron chi connectivity index (χ3n) is 0.682. The number of hydrogen-bond donors (Lipinski definition) is 3. The van der Waals surface area contributed by atoms with E-state index in [1.165, 1.54) is 0 Å². The number of carboxylic acids is 2. The van der Waals surface area contributed by atoms with Gasteiger partial charge in [0.15, 0.2) is 0 Å². The summed E-state index contributed by atoms with van der Waals surface area (Å²) in [6.07, 6.45) is -2.69. The zero-order valence-corrected chi connectivity index (χ0v) is 11.0. The van der Waals surface area contributed by atoms with Crippen LogP contribution in [0.1, 0.15) is 13.8 Å². The Morgan fingerprint density at radius 3 is 1.00 bits per heavy atom. The fourth-order valence-corrected chi connectivity index (χ4v) is 0. The van der Waals surface area contributed by atoms with Gasteiger partial charge in [-0.3, -0.25) is 0 Å². The summed E-state index contributed by atoms with van der Waals surface area (Å²) in [5, 5.41) is 41.6. The Hall–Kier alpha value is 0.0797. The van der Waals surface area contributed by atoms with E-state index in [0.717, 1.165) is 21.0 Å². The van der Waals surface area contributed by atoms with Gasteiger partial charge in [0.05, 0.1) is 24.1 Å². The number of aliphatic hydroxyl groups excluding tert-OH is 3. The molecule has 0 aliphatic rings. The predicted octanol–water partition coefficient (Wildman–Crippen LogP) is -4.54. The quantitative estimate of drug-likeness (QED) is 0.419. The molecule has 0 aliphatic heterocycles. The minimum atomic E-state index is -1.44. The van der Waals surface area contributed by atoms with E-state index in [4.69, 9.17) is 15.3 Å². The fraction of sp³-hybridized carbons (Fsp3) is 0.714. The van der Waals surface area contributed by atoms with Crippen molar-refractivity contribution in [2.24, 2.45) is 0 Å². The summed E-state index contributed by atoms with van der Waals surface area (Å²) in [6.45, 7) is 2.27. The molecule has 2 atom stereocenters. The van der Waals surface area contributed by atoms with Gasteiger partial charge in [0.2, 0.25) is 0 Å². The molecule has 0 radical (unpaired) electrons. The van der Waals surface area contributed by atoms with Crippen molar-refractivity contribution < 1.29 is 35.1 Å². The zero-order chi connectivity index (χ0) is 12.3. The Kier molecular flexibility index (Phi) is 26.8. The molecule has 7 nitrogen and oxygen atoms in total. The maximum atomic E-state index is 9.34. The molecule has 15 heavy (non-hydrogen) atoms. The standard InChI is InChI=1S/2C3H6O3.CH4O.Ca/c2*1-2(4)3(5)6;1-2;/h2*2,4H,1H3,(H,5,6);2H,1H3;/q;;;+2/p-2. The molecule has 0 fully saturated rings. The van der Waals surface area contributed by atoms with Crippen molar-refractivity contribution in [3.8, 4) is 0 Å². The number of hydrogen-bond acceptors (Lipinski definition) is 7. The predicted molar refractivity (Wildman–Crippen MR) is 47.3 cm³/mol. The first-order valence-electron chi connectivity index (χ1n) is 3.51. The first kappa shape index (κ1) is 24.4. The van der Waals surface area contributed by atoms with Crippen LogP contribution in [0.15, 0.2) is 0 Å². The first-order valence-corrected chi connectivity index (χ1v) is 3.51. The van der Waals surface area contributed by atoms with Gasteiger partial charge in [0.1, 0.15) is 0 Å². The molecule has 0 saturated carbocycles. The normalized spacial score (nSPS) is 11.3. The van der Waals surface area contributed by atoms with Crippen molar-refractivity contribution in [1.82, 2.24) is 0 Å². The number of aliphatic carboxylic acids is 2. The molecule has 8 heteroatoms. The van der Waals surface area contributed by atoms with Gasteiger partial charge in [0, 0.05) is 7.11 Å². The molecule has 0 saturated heterocycles. The van der Waals surface area contributed by atoms with E-state index < -0.39 is 24.1 Å². The van der Waals surface area contributed by atoms with Crippen molar-refractivity contribution in [2.45, 2.75) is 26.1 Å². The van der Waals surface area contributed by atoms with Gasteiger partial charge < -0.3 is 35.1 Å². The second-order valence-electron chi connectivity index (χ2n) is 1.99. The summed E-state index contributed by atoms with van der Waals surface area (Å²) < 4.78 is 0. The molecule has 0 aliphatic carbocycles. The van der Waals surface area contributed by atoms with Crippen LogP contribution in [-0.4, -0.2) is 84.3 Å². The van der Waals surface area contributed by atoms with Crippen LogP contribution in [0.25, 0.3) is 0 Å². The van der Waals surface area contributed by atoms with Crippen LogP contribution in [0.5, 0.6) is 0 Å². The molecule has 2 unspecified atom stereocenters. The number of carbonyl (C=O) groups excluding carboxylic acids is 2. The van der Waals surface area contributed by atoms with Gasteiger partial charge in [0.25, 0.3) is 0 Å². The third kappa shape index (κ3) is 31.5. The van der Waals surface area contributed by atoms with Gasteiger partial charge in [-0.1, -0.05) is 0 Å². The van der Waals surface area contributed by atoms with Crippen LogP contribution >= 0.6 is 0 Å². The molecule has 0 rings (SSSR count). The molecule has 0 aromatic rings. The van der Waals surface area contributed by atoms with E-state index in [9.17, 15) is 19.8 Å². The van der Waals surface area contributed by atoms with Crippen LogP contribution in [0, 0.1) is 0 Å². The Balaban J connectivity index is -0.0000000653.